The summed E-state index contributed by atoms with van der Waals surface area (Å²) in [6.07, 6.45) is 2.62. The lowest BCUT2D eigenvalue weighted by molar-refractivity contribution is 0.516. The molecule has 1 saturated heterocycles. The van der Waals surface area contributed by atoms with Crippen molar-refractivity contribution in [2.45, 2.75) is 24.7 Å². The zero-order valence-corrected chi connectivity index (χ0v) is 14.3. The molecule has 1 aromatic carbocycles. The predicted molar refractivity (Wildman–Crippen MR) is 97.3 cm³/mol. The first kappa shape index (κ1) is 16.0. The van der Waals surface area contributed by atoms with Gasteiger partial charge in [-0.25, -0.2) is 0 Å². The molecular formula is C15H22N2S3. The average Bonchev–Trinajstić information content (AvgIpc) is 2.46. The first-order valence-electron chi connectivity index (χ1n) is 7.09. The number of anilines is 1. The lowest BCUT2D eigenvalue weighted by atomic mass is 10.0. The molecule has 0 bridgehead atoms. The maximum atomic E-state index is 5.93. The molecule has 0 aromatic heterocycles. The van der Waals surface area contributed by atoms with Crippen molar-refractivity contribution in [2.24, 2.45) is 11.7 Å². The van der Waals surface area contributed by atoms with Crippen LogP contribution in [0, 0.1) is 5.92 Å². The Labute approximate surface area is 135 Å². The Balaban J connectivity index is 2.09. The van der Waals surface area contributed by atoms with Crippen LogP contribution in [-0.2, 0) is 0 Å². The highest BCUT2D eigenvalue weighted by Gasteiger charge is 2.15. The third-order valence-electron chi connectivity index (χ3n) is 3.49. The van der Waals surface area contributed by atoms with E-state index in [1.807, 2.05) is 0 Å². The molecule has 1 aliphatic heterocycles. The zero-order valence-electron chi connectivity index (χ0n) is 11.9. The van der Waals surface area contributed by atoms with Gasteiger partial charge in [-0.2, -0.15) is 11.8 Å². The van der Waals surface area contributed by atoms with Crippen molar-refractivity contribution in [1.29, 1.82) is 0 Å². The van der Waals surface area contributed by atoms with E-state index >= 15 is 0 Å². The number of benzene rings is 1. The van der Waals surface area contributed by atoms with E-state index in [0.717, 1.165) is 29.5 Å². The van der Waals surface area contributed by atoms with E-state index in [9.17, 15) is 0 Å². The maximum Gasteiger partial charge on any atom is 0.107 e. The highest BCUT2D eigenvalue weighted by molar-refractivity contribution is 7.99. The van der Waals surface area contributed by atoms with Gasteiger partial charge in [0.05, 0.1) is 0 Å². The van der Waals surface area contributed by atoms with Crippen molar-refractivity contribution >= 4 is 46.4 Å². The molecule has 1 heterocycles. The highest BCUT2D eigenvalue weighted by Crippen LogP contribution is 2.29. The lowest BCUT2D eigenvalue weighted by Crippen LogP contribution is -2.21. The van der Waals surface area contributed by atoms with Gasteiger partial charge in [0.15, 0.2) is 0 Å². The van der Waals surface area contributed by atoms with Crippen LogP contribution in [0.2, 0.25) is 0 Å². The highest BCUT2D eigenvalue weighted by atomic mass is 32.2. The Morgan fingerprint density at radius 3 is 2.85 bits per heavy atom. The van der Waals surface area contributed by atoms with E-state index in [0.29, 0.717) is 4.99 Å². The van der Waals surface area contributed by atoms with Gasteiger partial charge < -0.3 is 11.1 Å². The Morgan fingerprint density at radius 2 is 2.20 bits per heavy atom. The van der Waals surface area contributed by atoms with Crippen molar-refractivity contribution < 1.29 is 0 Å². The van der Waals surface area contributed by atoms with Gasteiger partial charge in [-0.05, 0) is 48.2 Å². The van der Waals surface area contributed by atoms with E-state index < -0.39 is 0 Å². The molecule has 3 N–H and O–H groups in total. The van der Waals surface area contributed by atoms with Gasteiger partial charge in [-0.1, -0.05) is 25.2 Å². The van der Waals surface area contributed by atoms with E-state index in [4.69, 9.17) is 18.0 Å². The second-order valence-corrected chi connectivity index (χ2v) is 7.88. The van der Waals surface area contributed by atoms with Crippen molar-refractivity contribution in [3.8, 4) is 0 Å². The topological polar surface area (TPSA) is 38.0 Å². The first-order chi connectivity index (χ1) is 9.72. The summed E-state index contributed by atoms with van der Waals surface area (Å²) in [6, 6.07) is 6.27. The van der Waals surface area contributed by atoms with Crippen LogP contribution in [-0.4, -0.2) is 28.8 Å². The van der Waals surface area contributed by atoms with Crippen molar-refractivity contribution in [1.82, 2.24) is 0 Å². The van der Waals surface area contributed by atoms with Crippen LogP contribution in [0.25, 0.3) is 0 Å². The molecule has 110 valence electrons. The summed E-state index contributed by atoms with van der Waals surface area (Å²) < 4.78 is 0. The normalized spacial score (nSPS) is 16.1. The molecule has 2 rings (SSSR count). The van der Waals surface area contributed by atoms with Crippen LogP contribution < -0.4 is 11.1 Å². The molecule has 20 heavy (non-hydrogen) atoms. The van der Waals surface area contributed by atoms with Crippen LogP contribution in [0.5, 0.6) is 0 Å². The van der Waals surface area contributed by atoms with E-state index in [-0.39, 0.29) is 0 Å². The number of thioether (sulfide) groups is 2. The second-order valence-electron chi connectivity index (χ2n) is 4.91. The lowest BCUT2D eigenvalue weighted by Gasteiger charge is -2.23. The third-order valence-corrected chi connectivity index (χ3v) is 5.69. The summed E-state index contributed by atoms with van der Waals surface area (Å²) in [7, 11) is 0. The minimum atomic E-state index is 0.489. The van der Waals surface area contributed by atoms with Gasteiger partial charge in [-0.3, -0.25) is 0 Å². The molecule has 0 atom stereocenters. The van der Waals surface area contributed by atoms with Gasteiger partial charge in [0.2, 0.25) is 0 Å². The number of thiocarbonyl (C=S) groups is 1. The molecule has 0 aliphatic carbocycles. The maximum absolute atomic E-state index is 5.93. The number of hydrogen-bond acceptors (Lipinski definition) is 4. The molecule has 1 fully saturated rings. The molecule has 5 heteroatoms. The summed E-state index contributed by atoms with van der Waals surface area (Å²) in [5.74, 6) is 4.39. The first-order valence-corrected chi connectivity index (χ1v) is 9.64. The van der Waals surface area contributed by atoms with Crippen molar-refractivity contribution in [2.75, 3.05) is 29.1 Å². The fourth-order valence-corrected chi connectivity index (χ4v) is 4.75. The molecule has 0 unspecified atom stereocenters. The quantitative estimate of drug-likeness (QED) is 0.611. The van der Waals surface area contributed by atoms with Gasteiger partial charge >= 0.3 is 0 Å². The van der Waals surface area contributed by atoms with E-state index in [2.05, 4.69) is 42.2 Å². The van der Waals surface area contributed by atoms with Crippen LogP contribution in [0.3, 0.4) is 0 Å². The fourth-order valence-electron chi connectivity index (χ4n) is 2.41. The summed E-state index contributed by atoms with van der Waals surface area (Å²) in [5.41, 5.74) is 8.03. The smallest absolute Gasteiger partial charge is 0.107 e. The largest absolute Gasteiger partial charge is 0.389 e. The number of rotatable bonds is 6. The number of hydrogen-bond donors (Lipinski definition) is 2. The van der Waals surface area contributed by atoms with Crippen LogP contribution >= 0.6 is 35.7 Å². The average molecular weight is 327 g/mol. The van der Waals surface area contributed by atoms with Crippen molar-refractivity contribution in [3.05, 3.63) is 23.8 Å². The molecule has 0 spiro atoms. The van der Waals surface area contributed by atoms with Gasteiger partial charge in [0.25, 0.3) is 0 Å². The molecule has 0 saturated carbocycles. The summed E-state index contributed by atoms with van der Waals surface area (Å²) in [6.45, 7) is 3.17. The Morgan fingerprint density at radius 1 is 1.45 bits per heavy atom. The standard InChI is InChI=1S/C15H22N2S3/c1-2-20-13-5-3-4-12(14(13)15(16)18)17-10-11-6-8-19-9-7-11/h3-5,11,17H,2,6-10H2,1H3,(H2,16,18). The molecular weight excluding hydrogens is 304 g/mol. The Bertz CT molecular complexity index is 456. The zero-order chi connectivity index (χ0) is 14.4. The van der Waals surface area contributed by atoms with Gasteiger partial charge in [-0.15, -0.1) is 11.8 Å². The second kappa shape index (κ2) is 8.15. The molecule has 2 nitrogen and oxygen atoms in total. The van der Waals surface area contributed by atoms with Crippen LogP contribution in [0.15, 0.2) is 23.1 Å². The van der Waals surface area contributed by atoms with Gasteiger partial charge in [0.1, 0.15) is 4.99 Å². The minimum Gasteiger partial charge on any atom is -0.389 e. The summed E-state index contributed by atoms with van der Waals surface area (Å²) in [5, 5.41) is 3.57. The van der Waals surface area contributed by atoms with Crippen molar-refractivity contribution in [3.63, 3.8) is 0 Å². The number of nitrogens with one attached hydrogen (secondary N) is 1. The molecule has 0 radical (unpaired) electrons. The molecule has 1 aliphatic rings. The fraction of sp³-hybridized carbons (Fsp3) is 0.533. The third kappa shape index (κ3) is 4.30. The van der Waals surface area contributed by atoms with Crippen LogP contribution in [0.1, 0.15) is 25.3 Å². The SMILES string of the molecule is CCSc1cccc(NCC2CCSCC2)c1C(N)=S. The monoisotopic (exact) mass is 326 g/mol. The summed E-state index contributed by atoms with van der Waals surface area (Å²) in [4.78, 5) is 1.67. The van der Waals surface area contributed by atoms with E-state index in [1.165, 1.54) is 29.2 Å². The molecule has 1 aromatic rings. The Hall–Kier alpha value is -0.390. The predicted octanol–water partition coefficient (Wildman–Crippen LogP) is 3.99. The number of nitrogens with two attached hydrogens (primary N) is 1. The Kier molecular flexibility index (Phi) is 6.52. The minimum absolute atomic E-state index is 0.489. The molecule has 0 amide bonds. The van der Waals surface area contributed by atoms with Crippen LogP contribution in [0.4, 0.5) is 5.69 Å². The van der Waals surface area contributed by atoms with E-state index in [1.54, 1.807) is 11.8 Å². The summed E-state index contributed by atoms with van der Waals surface area (Å²) >= 11 is 9.10. The van der Waals surface area contributed by atoms with Gasteiger partial charge in [0, 0.05) is 22.7 Å².